The van der Waals surface area contributed by atoms with Gasteiger partial charge in [0.1, 0.15) is 195 Å². The fourth-order valence-electron chi connectivity index (χ4n) is 13.0. The molecule has 40 atom stereocenters. The number of hydrogen-bond donors (Lipinski definition) is 26. The van der Waals surface area contributed by atoms with Crippen LogP contribution in [-0.2, 0) is 90.2 Å². The van der Waals surface area contributed by atoms with Gasteiger partial charge in [-0.2, -0.15) is 0 Å². The number of aliphatic hydroxyl groups is 22. The van der Waals surface area contributed by atoms with Crippen molar-refractivity contribution in [2.24, 2.45) is 0 Å². The third-order valence-electron chi connectivity index (χ3n) is 18.2. The maximum Gasteiger partial charge on any atom is 0.217 e. The highest BCUT2D eigenvalue weighted by molar-refractivity contribution is 5.74. The summed E-state index contributed by atoms with van der Waals surface area (Å²) in [6.45, 7) is -4.37. The molecule has 0 saturated carbocycles. The summed E-state index contributed by atoms with van der Waals surface area (Å²) in [5.41, 5.74) is 0. The summed E-state index contributed by atoms with van der Waals surface area (Å²) in [4.78, 5) is 49.9. The monoisotopic (exact) mass is 1480 g/mol. The Hall–Kier alpha value is -3.60. The van der Waals surface area contributed by atoms with Gasteiger partial charge in [-0.05, 0) is 0 Å². The van der Waals surface area contributed by atoms with Crippen molar-refractivity contribution < 1.29 is 203 Å². The Bertz CT molecular complexity index is 2640. The van der Waals surface area contributed by atoms with Crippen LogP contribution in [0.3, 0.4) is 0 Å². The molecule has 0 unspecified atom stereocenters. The number of aliphatic hydroxyl groups excluding tert-OH is 22. The van der Waals surface area contributed by atoms with Gasteiger partial charge >= 0.3 is 0 Å². The van der Waals surface area contributed by atoms with E-state index in [1.165, 1.54) is 0 Å². The number of carbonyl (C=O) groups is 4. The van der Waals surface area contributed by atoms with E-state index in [-0.39, 0.29) is 0 Å². The third-order valence-corrected chi connectivity index (χ3v) is 18.2. The van der Waals surface area contributed by atoms with Crippen LogP contribution in [-0.4, -0.2) is 434 Å². The summed E-state index contributed by atoms with van der Waals surface area (Å²) < 4.78 is 87.9. The first-order chi connectivity index (χ1) is 47.8. The summed E-state index contributed by atoms with van der Waals surface area (Å²) in [5, 5.41) is 252. The second-order valence-corrected chi connectivity index (χ2v) is 25.4. The minimum absolute atomic E-state index is 0.763. The Labute approximate surface area is 572 Å². The summed E-state index contributed by atoms with van der Waals surface area (Å²) in [5.74, 6) is -3.37. The van der Waals surface area contributed by atoms with E-state index in [2.05, 4.69) is 21.3 Å². The van der Waals surface area contributed by atoms with Crippen LogP contribution in [0.2, 0.25) is 0 Å². The average Bonchev–Trinajstić information content (AvgIpc) is 0.775. The van der Waals surface area contributed by atoms with Gasteiger partial charge in [0.2, 0.25) is 23.6 Å². The summed E-state index contributed by atoms with van der Waals surface area (Å²) in [7, 11) is 0. The predicted octanol–water partition coefficient (Wildman–Crippen LogP) is -17.9. The van der Waals surface area contributed by atoms with E-state index < -0.39 is 322 Å². The van der Waals surface area contributed by atoms with Crippen LogP contribution in [0.4, 0.5) is 0 Å². The van der Waals surface area contributed by atoms with Crippen LogP contribution < -0.4 is 21.3 Å². The molecule has 584 valence electrons. The average molecular weight is 1480 g/mol. The van der Waals surface area contributed by atoms with Crippen molar-refractivity contribution in [1.82, 2.24) is 21.3 Å². The first-order valence-corrected chi connectivity index (χ1v) is 32.1. The molecule has 101 heavy (non-hydrogen) atoms. The molecule has 0 aromatic heterocycles. The van der Waals surface area contributed by atoms with Crippen molar-refractivity contribution in [1.29, 1.82) is 0 Å². The Morgan fingerprint density at radius 3 is 0.970 bits per heavy atom. The Morgan fingerprint density at radius 2 is 0.535 bits per heavy atom. The maximum absolute atomic E-state index is 12.9. The first-order valence-electron chi connectivity index (χ1n) is 32.1. The highest BCUT2D eigenvalue weighted by Crippen LogP contribution is 2.39. The number of hydrogen-bond acceptors (Lipinski definition) is 41. The normalized spacial score (nSPS) is 48.3. The van der Waals surface area contributed by atoms with E-state index in [1.807, 2.05) is 0 Å². The van der Waals surface area contributed by atoms with E-state index in [0.717, 1.165) is 27.7 Å². The van der Waals surface area contributed by atoms with Crippen molar-refractivity contribution in [2.75, 3.05) is 52.9 Å². The van der Waals surface area contributed by atoms with E-state index in [0.29, 0.717) is 0 Å². The van der Waals surface area contributed by atoms with Gasteiger partial charge in [-0.3, -0.25) is 19.2 Å². The first kappa shape index (κ1) is 83.0. The molecule has 4 amide bonds. The Kier molecular flexibility index (Phi) is 29.9. The minimum Gasteiger partial charge on any atom is -0.394 e. The van der Waals surface area contributed by atoms with Crippen LogP contribution in [0.25, 0.3) is 0 Å². The fourth-order valence-corrected chi connectivity index (χ4v) is 13.0. The lowest BCUT2D eigenvalue weighted by Crippen LogP contribution is -2.70. The largest absolute Gasteiger partial charge is 0.394 e. The molecule has 0 radical (unpaired) electrons. The van der Waals surface area contributed by atoms with Gasteiger partial charge in [-0.25, -0.2) is 0 Å². The number of carbonyl (C=O) groups excluding carboxylic acids is 4. The van der Waals surface area contributed by atoms with Gasteiger partial charge in [0, 0.05) is 27.7 Å². The van der Waals surface area contributed by atoms with E-state index >= 15 is 0 Å². The van der Waals surface area contributed by atoms with E-state index in [4.69, 9.17) is 71.1 Å². The van der Waals surface area contributed by atoms with Crippen LogP contribution in [0, 0.1) is 0 Å². The number of rotatable bonds is 26. The highest BCUT2D eigenvalue weighted by atomic mass is 16.8. The molecule has 0 aromatic carbocycles. The summed E-state index contributed by atoms with van der Waals surface area (Å²) in [6, 6.07) is -6.97. The minimum atomic E-state index is -2.47. The highest BCUT2D eigenvalue weighted by Gasteiger charge is 2.60. The zero-order valence-electron chi connectivity index (χ0n) is 54.3. The predicted molar refractivity (Wildman–Crippen MR) is 311 cm³/mol. The second kappa shape index (κ2) is 36.3. The Balaban J connectivity index is 1.08. The molecule has 0 spiro atoms. The lowest BCUT2D eigenvalue weighted by Gasteiger charge is -2.51. The van der Waals surface area contributed by atoms with E-state index in [1.54, 1.807) is 0 Å². The van der Waals surface area contributed by atoms with Gasteiger partial charge in [0.15, 0.2) is 50.3 Å². The third kappa shape index (κ3) is 18.5. The van der Waals surface area contributed by atoms with Gasteiger partial charge in [0.25, 0.3) is 0 Å². The smallest absolute Gasteiger partial charge is 0.217 e. The van der Waals surface area contributed by atoms with Crippen molar-refractivity contribution >= 4 is 23.6 Å². The molecule has 26 N–H and O–H groups in total. The number of ether oxygens (including phenoxy) is 15. The van der Waals surface area contributed by atoms with Crippen LogP contribution >= 0.6 is 0 Å². The molecule has 8 fully saturated rings. The quantitative estimate of drug-likeness (QED) is 0.0382. The zero-order valence-corrected chi connectivity index (χ0v) is 54.3. The molecule has 0 aliphatic carbocycles. The lowest BCUT2D eigenvalue weighted by molar-refractivity contribution is -0.393. The van der Waals surface area contributed by atoms with Gasteiger partial charge < -0.3 is 205 Å². The number of nitrogens with one attached hydrogen (secondary N) is 4. The van der Waals surface area contributed by atoms with Gasteiger partial charge in [-0.15, -0.1) is 0 Å². The SMILES string of the molecule is CC(=O)N[C@@H]1[C@@H](O)[C@H](O[C@@H]2O[C@H](CO)[C@@H](O[C@@H]3O[C@H](CO[C@H]4O[C@H](CO)[C@@H](O)[C@H](O)[C@@H]4O[C@@H]4O[C@H](CO)[C@@H](O)[C@H](O)[C@H]4NC(C)=O)[C@@H](O)[C@H](O[C@H]4O[C@H](CO)[C@@H](O[C@@H]5O[C@H](CO)[C@@H](O[C@@H]6O[C@H](CO)[C@H](O)[C@H](O)[C@H]6O)[C@H](O)[C@H]5NC(C)=O)[C@H](O)[C@@H]4O)[C@@H]3O)[C@H](O)[C@H]2NC(C)=O)[C@@H](CO)O[C@H]1O. The standard InChI is InChI=1S/C56H94N4O41/c1-13(68)57-25-34(77)43(20(8-64)88-49(25)86)96-51-27(59-15(3)70)36(79)45(22(10-66)92-51)99-55-42(85)47(32(75)24(95-55)12-87-56-48(38(81)31(74)19(7-63)91-56)101-50-26(58-14(2)69)33(76)29(72)17(5-61)89-50)100-54-41(84)39(82)46(23(11-67)94-54)97-52-28(60-16(4)71)35(78)44(21(9-65)93-52)98-53-40(83)37(80)30(73)18(6-62)90-53/h17-56,61-67,72-86H,5-12H2,1-4H3,(H,57,68)(H,58,69)(H,59,70)(H,60,71)/t17-,18-,19-,20-,21-,22-,23-,24-,25-,26-,27-,28-,29-,30+,31-,32-,33-,34-,35-,36-,37+,38+,39-,40-,41+,42+,43-,44-,45-,46-,47+,48+,49-,50+,51+,52+,53+,54-,55+,56+/m1/s1. The lowest BCUT2D eigenvalue weighted by atomic mass is 9.93. The molecule has 45 heteroatoms. The molecule has 8 heterocycles. The zero-order chi connectivity index (χ0) is 74.5. The second-order valence-electron chi connectivity index (χ2n) is 25.4. The van der Waals surface area contributed by atoms with Crippen molar-refractivity contribution in [2.45, 2.75) is 273 Å². The molecule has 0 aromatic rings. The maximum atomic E-state index is 12.9. The molecular formula is C56H94N4O41. The molecule has 0 bridgehead atoms. The molecule has 45 nitrogen and oxygen atoms in total. The summed E-state index contributed by atoms with van der Waals surface area (Å²) >= 11 is 0. The fraction of sp³-hybridized carbons (Fsp3) is 0.929. The van der Waals surface area contributed by atoms with Crippen molar-refractivity contribution in [3.8, 4) is 0 Å². The van der Waals surface area contributed by atoms with Crippen molar-refractivity contribution in [3.05, 3.63) is 0 Å². The molecule has 8 saturated heterocycles. The Morgan fingerprint density at radius 1 is 0.257 bits per heavy atom. The molecular weight excluding hydrogens is 1380 g/mol. The topological polar surface area (TPSA) is 700 Å². The molecule has 8 rings (SSSR count). The van der Waals surface area contributed by atoms with Crippen LogP contribution in [0.5, 0.6) is 0 Å². The van der Waals surface area contributed by atoms with Crippen LogP contribution in [0.1, 0.15) is 27.7 Å². The molecule has 8 aliphatic heterocycles. The van der Waals surface area contributed by atoms with Crippen molar-refractivity contribution in [3.63, 3.8) is 0 Å². The van der Waals surface area contributed by atoms with Crippen LogP contribution in [0.15, 0.2) is 0 Å². The molecule has 8 aliphatic rings. The number of amides is 4. The summed E-state index contributed by atoms with van der Waals surface area (Å²) in [6.07, 6.45) is -72.3. The van der Waals surface area contributed by atoms with Gasteiger partial charge in [0.05, 0.1) is 52.9 Å². The van der Waals surface area contributed by atoms with E-state index in [9.17, 15) is 132 Å². The van der Waals surface area contributed by atoms with Gasteiger partial charge in [-0.1, -0.05) is 0 Å².